The molecular formula is C12H17N3O2S. The minimum absolute atomic E-state index is 0.408. The summed E-state index contributed by atoms with van der Waals surface area (Å²) in [5, 5.41) is 8.79. The van der Waals surface area contributed by atoms with Crippen LogP contribution >= 0.6 is 0 Å². The minimum Gasteiger partial charge on any atom is -0.271 e. The van der Waals surface area contributed by atoms with Gasteiger partial charge in [-0.05, 0) is 45.4 Å². The van der Waals surface area contributed by atoms with Gasteiger partial charge in [-0.2, -0.15) is 18.4 Å². The van der Waals surface area contributed by atoms with Gasteiger partial charge in [0.15, 0.2) is 0 Å². The summed E-state index contributed by atoms with van der Waals surface area (Å²) in [5.41, 5.74) is 1.01. The van der Waals surface area contributed by atoms with Gasteiger partial charge in [-0.1, -0.05) is 6.07 Å². The molecule has 0 aromatic heterocycles. The SMILES string of the molecule is Cc1ccc(C#N)cc1NS(=O)(=O)NC(C)(C)C. The molecule has 0 aliphatic heterocycles. The zero-order valence-electron chi connectivity index (χ0n) is 10.9. The normalized spacial score (nSPS) is 11.9. The molecule has 18 heavy (non-hydrogen) atoms. The van der Waals surface area contributed by atoms with Crippen molar-refractivity contribution in [2.75, 3.05) is 4.72 Å². The van der Waals surface area contributed by atoms with Crippen molar-refractivity contribution in [1.29, 1.82) is 5.26 Å². The molecule has 0 saturated carbocycles. The van der Waals surface area contributed by atoms with Crippen molar-refractivity contribution in [2.45, 2.75) is 33.2 Å². The lowest BCUT2D eigenvalue weighted by atomic mass is 10.1. The van der Waals surface area contributed by atoms with E-state index in [2.05, 4.69) is 9.44 Å². The first kappa shape index (κ1) is 14.5. The zero-order chi connectivity index (χ0) is 14.0. The summed E-state index contributed by atoms with van der Waals surface area (Å²) in [6.45, 7) is 7.04. The number of benzene rings is 1. The molecule has 0 amide bonds. The molecule has 98 valence electrons. The number of nitrogens with zero attached hydrogens (tertiary/aromatic N) is 1. The molecule has 1 aromatic carbocycles. The van der Waals surface area contributed by atoms with E-state index in [0.29, 0.717) is 11.3 Å². The molecule has 0 atom stereocenters. The second-order valence-electron chi connectivity index (χ2n) is 5.10. The van der Waals surface area contributed by atoms with Gasteiger partial charge in [-0.15, -0.1) is 0 Å². The molecule has 0 unspecified atom stereocenters. The summed E-state index contributed by atoms with van der Waals surface area (Å²) < 4.78 is 28.6. The van der Waals surface area contributed by atoms with Crippen LogP contribution in [0.15, 0.2) is 18.2 Å². The van der Waals surface area contributed by atoms with Crippen molar-refractivity contribution < 1.29 is 8.42 Å². The van der Waals surface area contributed by atoms with Gasteiger partial charge in [0.05, 0.1) is 17.3 Å². The second-order valence-corrected chi connectivity index (χ2v) is 6.51. The quantitative estimate of drug-likeness (QED) is 0.877. The minimum atomic E-state index is -3.65. The van der Waals surface area contributed by atoms with E-state index in [1.54, 1.807) is 39.8 Å². The fourth-order valence-corrected chi connectivity index (χ4v) is 2.74. The topological polar surface area (TPSA) is 82.0 Å². The smallest absolute Gasteiger partial charge is 0.271 e. The molecule has 0 saturated heterocycles. The molecule has 1 aromatic rings. The number of nitriles is 1. The highest BCUT2D eigenvalue weighted by Crippen LogP contribution is 2.18. The maximum atomic E-state index is 11.9. The molecule has 0 bridgehead atoms. The lowest BCUT2D eigenvalue weighted by Crippen LogP contribution is -2.43. The summed E-state index contributed by atoms with van der Waals surface area (Å²) in [5.74, 6) is 0. The van der Waals surface area contributed by atoms with Crippen LogP contribution in [-0.4, -0.2) is 14.0 Å². The first-order valence-electron chi connectivity index (χ1n) is 5.45. The van der Waals surface area contributed by atoms with Crippen LogP contribution in [0.2, 0.25) is 0 Å². The summed E-state index contributed by atoms with van der Waals surface area (Å²) in [6, 6.07) is 6.83. The van der Waals surface area contributed by atoms with E-state index in [-0.39, 0.29) is 0 Å². The van der Waals surface area contributed by atoms with E-state index in [9.17, 15) is 8.42 Å². The predicted octanol–water partition coefficient (Wildman–Crippen LogP) is 1.91. The largest absolute Gasteiger partial charge is 0.299 e. The van der Waals surface area contributed by atoms with Crippen molar-refractivity contribution in [2.24, 2.45) is 0 Å². The zero-order valence-corrected chi connectivity index (χ0v) is 11.7. The number of nitrogens with one attached hydrogen (secondary N) is 2. The third-order valence-corrected chi connectivity index (χ3v) is 3.42. The fourth-order valence-electron chi connectivity index (χ4n) is 1.37. The van der Waals surface area contributed by atoms with Crippen molar-refractivity contribution in [3.8, 4) is 6.07 Å². The van der Waals surface area contributed by atoms with Gasteiger partial charge in [-0.25, -0.2) is 0 Å². The van der Waals surface area contributed by atoms with E-state index in [1.807, 2.05) is 6.07 Å². The number of rotatable bonds is 3. The molecule has 0 radical (unpaired) electrons. The standard InChI is InChI=1S/C12H17N3O2S/c1-9-5-6-10(8-13)7-11(9)14-18(16,17)15-12(2,3)4/h5-7,14-15H,1-4H3. The lowest BCUT2D eigenvalue weighted by Gasteiger charge is -2.21. The monoisotopic (exact) mass is 267 g/mol. The number of hydrogen-bond acceptors (Lipinski definition) is 3. The van der Waals surface area contributed by atoms with Crippen LogP contribution < -0.4 is 9.44 Å². The van der Waals surface area contributed by atoms with E-state index in [4.69, 9.17) is 5.26 Å². The second kappa shape index (κ2) is 4.96. The maximum Gasteiger partial charge on any atom is 0.299 e. The van der Waals surface area contributed by atoms with E-state index in [0.717, 1.165) is 5.56 Å². The molecule has 0 fully saturated rings. The third-order valence-electron chi connectivity index (χ3n) is 2.05. The predicted molar refractivity (Wildman–Crippen MR) is 71.3 cm³/mol. The Balaban J connectivity index is 3.01. The molecular weight excluding hydrogens is 250 g/mol. The van der Waals surface area contributed by atoms with Gasteiger partial charge < -0.3 is 0 Å². The first-order valence-corrected chi connectivity index (χ1v) is 6.94. The molecule has 1 rings (SSSR count). The van der Waals surface area contributed by atoms with Crippen LogP contribution in [-0.2, 0) is 10.2 Å². The first-order chi connectivity index (χ1) is 8.13. The third kappa shape index (κ3) is 4.35. The van der Waals surface area contributed by atoms with Crippen LogP contribution in [0.25, 0.3) is 0 Å². The van der Waals surface area contributed by atoms with Crippen molar-refractivity contribution >= 4 is 15.9 Å². The van der Waals surface area contributed by atoms with Crippen LogP contribution in [0.3, 0.4) is 0 Å². The molecule has 0 aliphatic carbocycles. The fraction of sp³-hybridized carbons (Fsp3) is 0.417. The molecule has 0 aliphatic rings. The van der Waals surface area contributed by atoms with Crippen molar-refractivity contribution in [3.05, 3.63) is 29.3 Å². The number of anilines is 1. The number of aryl methyl sites for hydroxylation is 1. The van der Waals surface area contributed by atoms with E-state index in [1.165, 1.54) is 6.07 Å². The van der Waals surface area contributed by atoms with Crippen LogP contribution in [0, 0.1) is 18.3 Å². The van der Waals surface area contributed by atoms with Gasteiger partial charge in [0.25, 0.3) is 10.2 Å². The van der Waals surface area contributed by atoms with Crippen LogP contribution in [0.1, 0.15) is 31.9 Å². The lowest BCUT2D eigenvalue weighted by molar-refractivity contribution is 0.494. The molecule has 6 heteroatoms. The average Bonchev–Trinajstić information content (AvgIpc) is 2.17. The maximum absolute atomic E-state index is 11.9. The van der Waals surface area contributed by atoms with Gasteiger partial charge in [0.1, 0.15) is 0 Å². The van der Waals surface area contributed by atoms with Gasteiger partial charge >= 0.3 is 0 Å². The summed E-state index contributed by atoms with van der Waals surface area (Å²) in [7, 11) is -3.65. The Bertz CT molecular complexity index is 580. The average molecular weight is 267 g/mol. The Hall–Kier alpha value is -1.58. The van der Waals surface area contributed by atoms with Gasteiger partial charge in [-0.3, -0.25) is 4.72 Å². The summed E-state index contributed by atoms with van der Waals surface area (Å²) in [6.07, 6.45) is 0. The Morgan fingerprint density at radius 2 is 1.89 bits per heavy atom. The van der Waals surface area contributed by atoms with Gasteiger partial charge in [0.2, 0.25) is 0 Å². The molecule has 2 N–H and O–H groups in total. The van der Waals surface area contributed by atoms with Crippen LogP contribution in [0.5, 0.6) is 0 Å². The van der Waals surface area contributed by atoms with Crippen molar-refractivity contribution in [3.63, 3.8) is 0 Å². The highest BCUT2D eigenvalue weighted by atomic mass is 32.2. The van der Waals surface area contributed by atoms with E-state index >= 15 is 0 Å². The Labute approximate surface area is 108 Å². The van der Waals surface area contributed by atoms with Gasteiger partial charge in [0, 0.05) is 5.54 Å². The van der Waals surface area contributed by atoms with E-state index < -0.39 is 15.7 Å². The Morgan fingerprint density at radius 1 is 1.28 bits per heavy atom. The number of hydrogen-bond donors (Lipinski definition) is 2. The summed E-state index contributed by atoms with van der Waals surface area (Å²) in [4.78, 5) is 0. The Morgan fingerprint density at radius 3 is 2.39 bits per heavy atom. The van der Waals surface area contributed by atoms with Crippen molar-refractivity contribution in [1.82, 2.24) is 4.72 Å². The van der Waals surface area contributed by atoms with Crippen LogP contribution in [0.4, 0.5) is 5.69 Å². The highest BCUT2D eigenvalue weighted by molar-refractivity contribution is 7.90. The molecule has 0 heterocycles. The Kier molecular flexibility index (Phi) is 3.99. The highest BCUT2D eigenvalue weighted by Gasteiger charge is 2.20. The summed E-state index contributed by atoms with van der Waals surface area (Å²) >= 11 is 0. The molecule has 5 nitrogen and oxygen atoms in total. The molecule has 0 spiro atoms.